The molecule has 1 atom stereocenters. The Bertz CT molecular complexity index is 969. The summed E-state index contributed by atoms with van der Waals surface area (Å²) in [5, 5.41) is 6.55. The summed E-state index contributed by atoms with van der Waals surface area (Å²) in [4.78, 5) is 39.1. The third kappa shape index (κ3) is 6.87. The van der Waals surface area contributed by atoms with Crippen molar-refractivity contribution in [2.75, 3.05) is 29.5 Å². The summed E-state index contributed by atoms with van der Waals surface area (Å²) in [6.07, 6.45) is 1.46. The number of para-hydroxylation sites is 1. The number of rotatable bonds is 8. The van der Waals surface area contributed by atoms with Crippen LogP contribution in [0.25, 0.3) is 0 Å². The van der Waals surface area contributed by atoms with Gasteiger partial charge in [-0.05, 0) is 49.7 Å². The minimum Gasteiger partial charge on any atom is -0.369 e. The Morgan fingerprint density at radius 3 is 2.52 bits per heavy atom. The summed E-state index contributed by atoms with van der Waals surface area (Å²) in [6.45, 7) is 0.711. The number of hydrogen-bond acceptors (Lipinski definition) is 5. The van der Waals surface area contributed by atoms with E-state index >= 15 is 0 Å². The zero-order chi connectivity index (χ0) is 22.4. The Morgan fingerprint density at radius 2 is 1.81 bits per heavy atom. The van der Waals surface area contributed by atoms with E-state index in [-0.39, 0.29) is 24.1 Å². The molecule has 0 radical (unpaired) electrons. The zero-order valence-corrected chi connectivity index (χ0v) is 18.9. The van der Waals surface area contributed by atoms with Crippen LogP contribution in [0.3, 0.4) is 0 Å². The van der Waals surface area contributed by atoms with E-state index < -0.39 is 11.9 Å². The fourth-order valence-corrected chi connectivity index (χ4v) is 4.66. The standard InChI is InChI=1S/C21H22Cl2N4O3S/c22-13-8-14(23)10-15(9-13)25-21(30)17-5-3-7-27(17)11-20(29)26-16-4-1-2-6-18(16)31-12-19(24)28/h1-2,4,6,8-10,17H,3,5,7,11-12H2,(H2,24,28)(H,25,30)(H,26,29). The molecule has 164 valence electrons. The topological polar surface area (TPSA) is 105 Å². The highest BCUT2D eigenvalue weighted by molar-refractivity contribution is 8.00. The summed E-state index contributed by atoms with van der Waals surface area (Å²) in [5.41, 5.74) is 6.33. The van der Waals surface area contributed by atoms with Crippen LogP contribution >= 0.6 is 35.0 Å². The second-order valence-electron chi connectivity index (χ2n) is 7.08. The number of benzene rings is 2. The van der Waals surface area contributed by atoms with Crippen LogP contribution in [0, 0.1) is 0 Å². The molecule has 7 nitrogen and oxygen atoms in total. The predicted molar refractivity (Wildman–Crippen MR) is 125 cm³/mol. The first-order valence-corrected chi connectivity index (χ1v) is 11.4. The van der Waals surface area contributed by atoms with Crippen molar-refractivity contribution in [2.45, 2.75) is 23.8 Å². The molecule has 1 saturated heterocycles. The van der Waals surface area contributed by atoms with Crippen molar-refractivity contribution in [1.29, 1.82) is 0 Å². The zero-order valence-electron chi connectivity index (χ0n) is 16.6. The lowest BCUT2D eigenvalue weighted by molar-refractivity contribution is -0.122. The molecule has 0 aromatic heterocycles. The van der Waals surface area contributed by atoms with Crippen LogP contribution in [-0.2, 0) is 14.4 Å². The number of likely N-dealkylation sites (tertiary alicyclic amines) is 1. The summed E-state index contributed by atoms with van der Waals surface area (Å²) in [7, 11) is 0. The number of thioether (sulfide) groups is 1. The number of carbonyl (C=O) groups is 3. The first kappa shape index (κ1) is 23.4. The van der Waals surface area contributed by atoms with Crippen LogP contribution in [-0.4, -0.2) is 47.5 Å². The van der Waals surface area contributed by atoms with Crippen molar-refractivity contribution in [3.05, 3.63) is 52.5 Å². The van der Waals surface area contributed by atoms with Gasteiger partial charge in [0.1, 0.15) is 0 Å². The van der Waals surface area contributed by atoms with Gasteiger partial charge in [-0.15, -0.1) is 11.8 Å². The van der Waals surface area contributed by atoms with Crippen molar-refractivity contribution in [3.8, 4) is 0 Å². The molecule has 1 aliphatic rings. The fourth-order valence-electron chi connectivity index (χ4n) is 3.38. The van der Waals surface area contributed by atoms with Gasteiger partial charge in [-0.2, -0.15) is 0 Å². The van der Waals surface area contributed by atoms with E-state index in [1.165, 1.54) is 11.8 Å². The van der Waals surface area contributed by atoms with Crippen molar-refractivity contribution in [1.82, 2.24) is 4.90 Å². The number of nitrogens with two attached hydrogens (primary N) is 1. The molecule has 1 unspecified atom stereocenters. The molecular weight excluding hydrogens is 459 g/mol. The van der Waals surface area contributed by atoms with E-state index in [2.05, 4.69) is 10.6 Å². The van der Waals surface area contributed by atoms with Gasteiger partial charge >= 0.3 is 0 Å². The maximum Gasteiger partial charge on any atom is 0.241 e. The minimum absolute atomic E-state index is 0.0726. The quantitative estimate of drug-likeness (QED) is 0.500. The van der Waals surface area contributed by atoms with Crippen LogP contribution in [0.1, 0.15) is 12.8 Å². The Hall–Kier alpha value is -2.26. The summed E-state index contributed by atoms with van der Waals surface area (Å²) in [5.74, 6) is -0.758. The smallest absolute Gasteiger partial charge is 0.241 e. The molecule has 0 saturated carbocycles. The molecule has 1 aliphatic heterocycles. The van der Waals surface area contributed by atoms with E-state index in [9.17, 15) is 14.4 Å². The number of anilines is 2. The highest BCUT2D eigenvalue weighted by Crippen LogP contribution is 2.27. The van der Waals surface area contributed by atoms with Crippen LogP contribution < -0.4 is 16.4 Å². The third-order valence-corrected chi connectivity index (χ3v) is 6.21. The SMILES string of the molecule is NC(=O)CSc1ccccc1NC(=O)CN1CCCC1C(=O)Nc1cc(Cl)cc(Cl)c1. The largest absolute Gasteiger partial charge is 0.369 e. The van der Waals surface area contributed by atoms with Crippen molar-refractivity contribution in [3.63, 3.8) is 0 Å². The Kier molecular flexibility index (Phi) is 8.20. The van der Waals surface area contributed by atoms with Gasteiger partial charge < -0.3 is 16.4 Å². The van der Waals surface area contributed by atoms with E-state index in [4.69, 9.17) is 28.9 Å². The molecule has 0 aliphatic carbocycles. The Morgan fingerprint density at radius 1 is 1.10 bits per heavy atom. The first-order chi connectivity index (χ1) is 14.8. The van der Waals surface area contributed by atoms with Gasteiger partial charge in [-0.25, -0.2) is 0 Å². The molecule has 31 heavy (non-hydrogen) atoms. The van der Waals surface area contributed by atoms with E-state index in [0.717, 1.165) is 11.3 Å². The van der Waals surface area contributed by atoms with Gasteiger partial charge in [0.2, 0.25) is 17.7 Å². The molecule has 1 heterocycles. The number of nitrogens with zero attached hydrogens (tertiary/aromatic N) is 1. The highest BCUT2D eigenvalue weighted by Gasteiger charge is 2.32. The molecule has 1 fully saturated rings. The minimum atomic E-state index is -0.432. The van der Waals surface area contributed by atoms with Crippen molar-refractivity contribution < 1.29 is 14.4 Å². The van der Waals surface area contributed by atoms with Gasteiger partial charge in [0.05, 0.1) is 24.0 Å². The number of nitrogens with one attached hydrogen (secondary N) is 2. The molecule has 0 bridgehead atoms. The Labute approximate surface area is 194 Å². The monoisotopic (exact) mass is 480 g/mol. The number of primary amides is 1. The van der Waals surface area contributed by atoms with Crippen molar-refractivity contribution >= 4 is 64.1 Å². The van der Waals surface area contributed by atoms with Gasteiger partial charge in [0, 0.05) is 20.6 Å². The molecule has 3 amide bonds. The van der Waals surface area contributed by atoms with Crippen LogP contribution in [0.15, 0.2) is 47.4 Å². The number of halogens is 2. The maximum absolute atomic E-state index is 12.8. The van der Waals surface area contributed by atoms with Crippen LogP contribution in [0.5, 0.6) is 0 Å². The second kappa shape index (κ2) is 10.9. The predicted octanol–water partition coefficient (Wildman–Crippen LogP) is 3.61. The molecule has 10 heteroatoms. The normalized spacial score (nSPS) is 16.1. The van der Waals surface area contributed by atoms with Gasteiger partial charge in [-0.1, -0.05) is 35.3 Å². The van der Waals surface area contributed by atoms with Crippen LogP contribution in [0.4, 0.5) is 11.4 Å². The molecule has 2 aromatic rings. The van der Waals surface area contributed by atoms with E-state index in [1.54, 1.807) is 30.3 Å². The van der Waals surface area contributed by atoms with E-state index in [0.29, 0.717) is 34.4 Å². The molecular formula is C21H22Cl2N4O3S. The number of carbonyl (C=O) groups excluding carboxylic acids is 3. The number of hydrogen-bond donors (Lipinski definition) is 3. The lowest BCUT2D eigenvalue weighted by atomic mass is 10.2. The fraction of sp³-hybridized carbons (Fsp3) is 0.286. The molecule has 3 rings (SSSR count). The van der Waals surface area contributed by atoms with Gasteiger partial charge in [-0.3, -0.25) is 19.3 Å². The Balaban J connectivity index is 1.61. The van der Waals surface area contributed by atoms with Gasteiger partial charge in [0.25, 0.3) is 0 Å². The average Bonchev–Trinajstić information content (AvgIpc) is 3.14. The molecule has 2 aromatic carbocycles. The summed E-state index contributed by atoms with van der Waals surface area (Å²) < 4.78 is 0. The lowest BCUT2D eigenvalue weighted by Crippen LogP contribution is -2.43. The van der Waals surface area contributed by atoms with Crippen molar-refractivity contribution in [2.24, 2.45) is 5.73 Å². The van der Waals surface area contributed by atoms with Gasteiger partial charge in [0.15, 0.2) is 0 Å². The summed E-state index contributed by atoms with van der Waals surface area (Å²) >= 11 is 13.2. The molecule has 0 spiro atoms. The third-order valence-electron chi connectivity index (χ3n) is 4.67. The average molecular weight is 481 g/mol. The number of amides is 3. The highest BCUT2D eigenvalue weighted by atomic mass is 35.5. The summed E-state index contributed by atoms with van der Waals surface area (Å²) in [6, 6.07) is 11.6. The maximum atomic E-state index is 12.8. The first-order valence-electron chi connectivity index (χ1n) is 9.63. The van der Waals surface area contributed by atoms with Crippen LogP contribution in [0.2, 0.25) is 10.0 Å². The second-order valence-corrected chi connectivity index (χ2v) is 8.97. The molecule has 4 N–H and O–H groups in total. The van der Waals surface area contributed by atoms with E-state index in [1.807, 2.05) is 17.0 Å². The lowest BCUT2D eigenvalue weighted by Gasteiger charge is -2.23.